The largest absolute Gasteiger partial charge is 0.143 e. The molecule has 0 aliphatic carbocycles. The van der Waals surface area contributed by atoms with E-state index in [0.29, 0.717) is 4.83 Å². The summed E-state index contributed by atoms with van der Waals surface area (Å²) in [5.74, 6) is 0. The quantitative estimate of drug-likeness (QED) is 0.623. The maximum absolute atomic E-state index is 4.25. The molecule has 3 heteroatoms. The third-order valence-electron chi connectivity index (χ3n) is 1.37. The van der Waals surface area contributed by atoms with Crippen LogP contribution in [-0.2, 0) is 0 Å². The van der Waals surface area contributed by atoms with Crippen LogP contribution < -0.4 is 0 Å². The molecule has 0 heterocycles. The van der Waals surface area contributed by atoms with E-state index in [1.165, 1.54) is 5.56 Å². The summed E-state index contributed by atoms with van der Waals surface area (Å²) in [5, 5.41) is 0.921. The lowest BCUT2D eigenvalue weighted by molar-refractivity contribution is 1.14. The van der Waals surface area contributed by atoms with Gasteiger partial charge in [-0.15, -0.1) is 12.6 Å². The Morgan fingerprint density at radius 1 is 1.45 bits per heavy atom. The highest BCUT2D eigenvalue weighted by atomic mass is 79.9. The summed E-state index contributed by atoms with van der Waals surface area (Å²) in [7, 11) is 0. The third kappa shape index (κ3) is 2.80. The topological polar surface area (TPSA) is 0 Å². The van der Waals surface area contributed by atoms with E-state index in [-0.39, 0.29) is 0 Å². The van der Waals surface area contributed by atoms with Gasteiger partial charge in [0.05, 0.1) is 0 Å². The van der Waals surface area contributed by atoms with Crippen molar-refractivity contribution in [2.45, 2.75) is 9.72 Å². The summed E-state index contributed by atoms with van der Waals surface area (Å²) in [6, 6.07) is 8.12. The highest BCUT2D eigenvalue weighted by Crippen LogP contribution is 2.25. The Labute approximate surface area is 89.1 Å². The Morgan fingerprint density at radius 2 is 2.18 bits per heavy atom. The molecule has 1 atom stereocenters. The van der Waals surface area contributed by atoms with Crippen molar-refractivity contribution >= 4 is 44.5 Å². The first-order valence-electron chi connectivity index (χ1n) is 3.23. The van der Waals surface area contributed by atoms with Crippen LogP contribution >= 0.6 is 44.5 Å². The molecule has 1 rings (SSSR count). The summed E-state index contributed by atoms with van der Waals surface area (Å²) in [5.41, 5.74) is 1.26. The van der Waals surface area contributed by atoms with Crippen LogP contribution in [0.1, 0.15) is 10.4 Å². The van der Waals surface area contributed by atoms with Crippen LogP contribution in [0.3, 0.4) is 0 Å². The van der Waals surface area contributed by atoms with E-state index in [9.17, 15) is 0 Å². The Hall–Kier alpha value is 0.530. The van der Waals surface area contributed by atoms with Gasteiger partial charge in [-0.3, -0.25) is 0 Å². The number of thiol groups is 1. The highest BCUT2D eigenvalue weighted by molar-refractivity contribution is 9.12. The third-order valence-corrected chi connectivity index (χ3v) is 4.01. The monoisotopic (exact) mass is 294 g/mol. The number of halogens is 2. The van der Waals surface area contributed by atoms with Gasteiger partial charge in [-0.1, -0.05) is 44.0 Å². The van der Waals surface area contributed by atoms with Gasteiger partial charge in [0.15, 0.2) is 0 Å². The molecule has 0 bridgehead atoms. The minimum Gasteiger partial charge on any atom is -0.143 e. The van der Waals surface area contributed by atoms with Crippen LogP contribution in [0.15, 0.2) is 29.2 Å². The number of hydrogen-bond donors (Lipinski definition) is 1. The van der Waals surface area contributed by atoms with Gasteiger partial charge >= 0.3 is 0 Å². The molecule has 0 saturated carbocycles. The van der Waals surface area contributed by atoms with Crippen molar-refractivity contribution in [1.82, 2.24) is 0 Å². The van der Waals surface area contributed by atoms with E-state index >= 15 is 0 Å². The standard InChI is InChI=1S/C8H8Br2S/c9-5-8(10)6-2-1-3-7(11)4-6/h1-4,8,11H,5H2. The van der Waals surface area contributed by atoms with E-state index in [1.807, 2.05) is 12.1 Å². The molecular weight excluding hydrogens is 288 g/mol. The molecule has 0 nitrogen and oxygen atoms in total. The van der Waals surface area contributed by atoms with Gasteiger partial charge < -0.3 is 0 Å². The van der Waals surface area contributed by atoms with E-state index in [0.717, 1.165) is 10.2 Å². The average molecular weight is 296 g/mol. The molecule has 1 aromatic carbocycles. The van der Waals surface area contributed by atoms with Gasteiger partial charge in [-0.05, 0) is 17.7 Å². The molecule has 60 valence electrons. The molecule has 11 heavy (non-hydrogen) atoms. The predicted molar refractivity (Wildman–Crippen MR) is 59.2 cm³/mol. The van der Waals surface area contributed by atoms with Crippen molar-refractivity contribution < 1.29 is 0 Å². The molecule has 1 unspecified atom stereocenters. The fourth-order valence-corrected chi connectivity index (χ4v) is 1.70. The smallest absolute Gasteiger partial charge is 0.0492 e. The van der Waals surface area contributed by atoms with Crippen molar-refractivity contribution in [1.29, 1.82) is 0 Å². The molecule has 1 aromatic rings. The van der Waals surface area contributed by atoms with E-state index < -0.39 is 0 Å². The minimum atomic E-state index is 0.384. The van der Waals surface area contributed by atoms with E-state index in [1.54, 1.807) is 0 Å². The normalized spacial score (nSPS) is 13.0. The first-order valence-corrected chi connectivity index (χ1v) is 5.71. The van der Waals surface area contributed by atoms with Gasteiger partial charge in [0.25, 0.3) is 0 Å². The fraction of sp³-hybridized carbons (Fsp3) is 0.250. The molecule has 0 aliphatic heterocycles. The van der Waals surface area contributed by atoms with Crippen LogP contribution in [0, 0.1) is 0 Å². The second kappa shape index (κ2) is 4.53. The lowest BCUT2D eigenvalue weighted by Crippen LogP contribution is -1.89. The summed E-state index contributed by atoms with van der Waals surface area (Å²) < 4.78 is 0. The summed E-state index contributed by atoms with van der Waals surface area (Å²) in [4.78, 5) is 1.39. The van der Waals surface area contributed by atoms with Gasteiger partial charge in [0.2, 0.25) is 0 Å². The van der Waals surface area contributed by atoms with Crippen LogP contribution in [0.25, 0.3) is 0 Å². The van der Waals surface area contributed by atoms with Crippen LogP contribution in [0.4, 0.5) is 0 Å². The molecule has 0 aliphatic rings. The second-order valence-electron chi connectivity index (χ2n) is 2.22. The first kappa shape index (κ1) is 9.62. The molecular formula is C8H8Br2S. The second-order valence-corrected chi connectivity index (χ2v) is 4.49. The molecule has 0 amide bonds. The molecule has 0 aromatic heterocycles. The zero-order valence-corrected chi connectivity index (χ0v) is 9.86. The Morgan fingerprint density at radius 3 is 2.73 bits per heavy atom. The van der Waals surface area contributed by atoms with Crippen molar-refractivity contribution in [3.05, 3.63) is 29.8 Å². The van der Waals surface area contributed by atoms with Crippen molar-refractivity contribution in [2.75, 3.05) is 5.33 Å². The Bertz CT molecular complexity index is 237. The SMILES string of the molecule is Sc1cccc(C(Br)CBr)c1. The van der Waals surface area contributed by atoms with Crippen LogP contribution in [-0.4, -0.2) is 5.33 Å². The molecule has 0 spiro atoms. The molecule has 0 fully saturated rings. The maximum Gasteiger partial charge on any atom is 0.0492 e. The fourth-order valence-electron chi connectivity index (χ4n) is 0.809. The van der Waals surface area contributed by atoms with Gasteiger partial charge in [0.1, 0.15) is 0 Å². The lowest BCUT2D eigenvalue weighted by atomic mass is 10.2. The van der Waals surface area contributed by atoms with E-state index in [2.05, 4.69) is 56.6 Å². The van der Waals surface area contributed by atoms with Crippen LogP contribution in [0.2, 0.25) is 0 Å². The van der Waals surface area contributed by atoms with Gasteiger partial charge in [0, 0.05) is 15.1 Å². The van der Waals surface area contributed by atoms with Crippen molar-refractivity contribution in [2.24, 2.45) is 0 Å². The molecule has 0 saturated heterocycles. The Balaban J connectivity index is 2.86. The predicted octanol–water partition coefficient (Wildman–Crippen LogP) is 3.81. The van der Waals surface area contributed by atoms with Gasteiger partial charge in [-0.2, -0.15) is 0 Å². The average Bonchev–Trinajstić information content (AvgIpc) is 2.03. The number of alkyl halides is 2. The zero-order valence-electron chi connectivity index (χ0n) is 5.80. The highest BCUT2D eigenvalue weighted by Gasteiger charge is 2.03. The number of rotatable bonds is 2. The summed E-state index contributed by atoms with van der Waals surface area (Å²) >= 11 is 11.2. The zero-order chi connectivity index (χ0) is 8.27. The van der Waals surface area contributed by atoms with Crippen LogP contribution in [0.5, 0.6) is 0 Å². The summed E-state index contributed by atoms with van der Waals surface area (Å²) in [6.45, 7) is 0. The Kier molecular flexibility index (Phi) is 3.96. The number of hydrogen-bond acceptors (Lipinski definition) is 1. The minimum absolute atomic E-state index is 0.384. The van der Waals surface area contributed by atoms with E-state index in [4.69, 9.17) is 0 Å². The first-order chi connectivity index (χ1) is 5.24. The van der Waals surface area contributed by atoms with Crippen molar-refractivity contribution in [3.63, 3.8) is 0 Å². The maximum atomic E-state index is 4.25. The van der Waals surface area contributed by atoms with Crippen molar-refractivity contribution in [3.8, 4) is 0 Å². The summed E-state index contributed by atoms with van der Waals surface area (Å²) in [6.07, 6.45) is 0. The van der Waals surface area contributed by atoms with Gasteiger partial charge in [-0.25, -0.2) is 0 Å². The lowest BCUT2D eigenvalue weighted by Gasteiger charge is -2.05. The molecule has 0 N–H and O–H groups in total. The number of benzene rings is 1. The molecule has 0 radical (unpaired) electrons.